The highest BCUT2D eigenvalue weighted by molar-refractivity contribution is 5.32. The van der Waals surface area contributed by atoms with Gasteiger partial charge >= 0.3 is 0 Å². The summed E-state index contributed by atoms with van der Waals surface area (Å²) in [5.41, 5.74) is 1.78. The molecule has 0 N–H and O–H groups in total. The van der Waals surface area contributed by atoms with E-state index in [-0.39, 0.29) is 0 Å². The van der Waals surface area contributed by atoms with Gasteiger partial charge in [-0.25, -0.2) is 9.97 Å². The zero-order valence-electron chi connectivity index (χ0n) is 9.24. The Bertz CT molecular complexity index is 354. The van der Waals surface area contributed by atoms with Gasteiger partial charge in [0, 0.05) is 25.5 Å². The van der Waals surface area contributed by atoms with Crippen LogP contribution in [0.2, 0.25) is 0 Å². The summed E-state index contributed by atoms with van der Waals surface area (Å²) >= 11 is 0. The molecule has 3 heteroatoms. The van der Waals surface area contributed by atoms with Crippen molar-refractivity contribution >= 4 is 5.95 Å². The van der Waals surface area contributed by atoms with E-state index in [2.05, 4.69) is 14.9 Å². The molecule has 0 radical (unpaired) electrons. The molecule has 0 bridgehead atoms. The molecule has 2 fully saturated rings. The van der Waals surface area contributed by atoms with Gasteiger partial charge in [-0.3, -0.25) is 0 Å². The van der Waals surface area contributed by atoms with Gasteiger partial charge < -0.3 is 4.90 Å². The van der Waals surface area contributed by atoms with Crippen molar-refractivity contribution in [1.82, 2.24) is 9.97 Å². The molecule has 1 saturated heterocycles. The zero-order chi connectivity index (χ0) is 10.3. The molecule has 1 aliphatic carbocycles. The largest absolute Gasteiger partial charge is 0.340 e. The van der Waals surface area contributed by atoms with Crippen LogP contribution in [0.15, 0.2) is 12.4 Å². The number of aryl methyl sites for hydroxylation is 1. The number of nitrogens with zero attached hydrogens (tertiary/aromatic N) is 3. The molecule has 80 valence electrons. The summed E-state index contributed by atoms with van der Waals surface area (Å²) < 4.78 is 0. The van der Waals surface area contributed by atoms with Crippen molar-refractivity contribution < 1.29 is 0 Å². The molecule has 0 unspecified atom stereocenters. The molecule has 1 saturated carbocycles. The van der Waals surface area contributed by atoms with Gasteiger partial charge in [-0.2, -0.15) is 0 Å². The molecule has 0 atom stereocenters. The minimum absolute atomic E-state index is 0.645. The Morgan fingerprint density at radius 2 is 1.93 bits per heavy atom. The van der Waals surface area contributed by atoms with Gasteiger partial charge in [0.2, 0.25) is 5.95 Å². The van der Waals surface area contributed by atoms with E-state index in [9.17, 15) is 0 Å². The summed E-state index contributed by atoms with van der Waals surface area (Å²) in [7, 11) is 0. The minimum atomic E-state index is 0.645. The third kappa shape index (κ3) is 1.71. The molecule has 1 spiro atoms. The van der Waals surface area contributed by atoms with Crippen molar-refractivity contribution in [1.29, 1.82) is 0 Å². The van der Waals surface area contributed by atoms with E-state index in [1.165, 1.54) is 32.2 Å². The van der Waals surface area contributed by atoms with Crippen molar-refractivity contribution in [3.8, 4) is 0 Å². The van der Waals surface area contributed by atoms with E-state index in [0.717, 1.165) is 18.1 Å². The standard InChI is InChI=1S/C12H17N3/c1-10-7-13-11(14-8-10)15-6-2-3-12(9-15)4-5-12/h7-8H,2-6,9H2,1H3. The van der Waals surface area contributed by atoms with Crippen molar-refractivity contribution in [2.45, 2.75) is 32.6 Å². The summed E-state index contributed by atoms with van der Waals surface area (Å²) in [6.07, 6.45) is 9.37. The van der Waals surface area contributed by atoms with Crippen molar-refractivity contribution in [2.24, 2.45) is 5.41 Å². The average molecular weight is 203 g/mol. The summed E-state index contributed by atoms with van der Waals surface area (Å²) in [5.74, 6) is 0.923. The Morgan fingerprint density at radius 1 is 1.20 bits per heavy atom. The molecule has 15 heavy (non-hydrogen) atoms. The first-order valence-corrected chi connectivity index (χ1v) is 5.81. The van der Waals surface area contributed by atoms with E-state index < -0.39 is 0 Å². The average Bonchev–Trinajstić information content (AvgIpc) is 2.99. The molecule has 3 nitrogen and oxygen atoms in total. The molecule has 2 heterocycles. The van der Waals surface area contributed by atoms with Gasteiger partial charge in [0.1, 0.15) is 0 Å². The lowest BCUT2D eigenvalue weighted by atomic mass is 9.95. The maximum atomic E-state index is 4.41. The van der Waals surface area contributed by atoms with Crippen LogP contribution in [0.4, 0.5) is 5.95 Å². The molecular formula is C12H17N3. The molecule has 0 aromatic carbocycles. The van der Waals surface area contributed by atoms with E-state index >= 15 is 0 Å². The number of hydrogen-bond acceptors (Lipinski definition) is 3. The molecule has 2 aliphatic rings. The monoisotopic (exact) mass is 203 g/mol. The third-order valence-corrected chi connectivity index (χ3v) is 3.67. The fraction of sp³-hybridized carbons (Fsp3) is 0.667. The van der Waals surface area contributed by atoms with Gasteiger partial charge in [0.05, 0.1) is 0 Å². The maximum absolute atomic E-state index is 4.41. The maximum Gasteiger partial charge on any atom is 0.225 e. The van der Waals surface area contributed by atoms with E-state index in [4.69, 9.17) is 0 Å². The molecule has 0 amide bonds. The summed E-state index contributed by atoms with van der Waals surface area (Å²) in [6.45, 7) is 4.34. The molecule has 1 aliphatic heterocycles. The van der Waals surface area contributed by atoms with Crippen LogP contribution in [0.3, 0.4) is 0 Å². The minimum Gasteiger partial charge on any atom is -0.340 e. The normalized spacial score (nSPS) is 23.1. The van der Waals surface area contributed by atoms with Gasteiger partial charge in [0.15, 0.2) is 0 Å². The lowest BCUT2D eigenvalue weighted by Gasteiger charge is -2.32. The first-order valence-electron chi connectivity index (χ1n) is 5.81. The SMILES string of the molecule is Cc1cnc(N2CCCC3(CC3)C2)nc1. The first-order chi connectivity index (χ1) is 7.27. The molecule has 3 rings (SSSR count). The fourth-order valence-corrected chi connectivity index (χ4v) is 2.51. The number of hydrogen-bond donors (Lipinski definition) is 0. The highest BCUT2D eigenvalue weighted by Crippen LogP contribution is 2.52. The Kier molecular flexibility index (Phi) is 1.94. The lowest BCUT2D eigenvalue weighted by Crippen LogP contribution is -2.37. The predicted octanol–water partition coefficient (Wildman–Crippen LogP) is 2.17. The second-order valence-electron chi connectivity index (χ2n) is 5.09. The number of piperidine rings is 1. The third-order valence-electron chi connectivity index (χ3n) is 3.67. The van der Waals surface area contributed by atoms with Crippen LogP contribution in [-0.2, 0) is 0 Å². The Morgan fingerprint density at radius 3 is 2.60 bits per heavy atom. The zero-order valence-corrected chi connectivity index (χ0v) is 9.24. The Balaban J connectivity index is 1.78. The van der Waals surface area contributed by atoms with Crippen molar-refractivity contribution in [2.75, 3.05) is 18.0 Å². The van der Waals surface area contributed by atoms with Crippen LogP contribution >= 0.6 is 0 Å². The predicted molar refractivity (Wildman–Crippen MR) is 59.9 cm³/mol. The molecule has 1 aromatic rings. The van der Waals surface area contributed by atoms with Crippen LogP contribution in [0.1, 0.15) is 31.2 Å². The van der Waals surface area contributed by atoms with Crippen molar-refractivity contribution in [3.05, 3.63) is 18.0 Å². The quantitative estimate of drug-likeness (QED) is 0.700. The topological polar surface area (TPSA) is 29.0 Å². The molecular weight excluding hydrogens is 186 g/mol. The van der Waals surface area contributed by atoms with E-state index in [1.807, 2.05) is 19.3 Å². The highest BCUT2D eigenvalue weighted by atomic mass is 15.3. The summed E-state index contributed by atoms with van der Waals surface area (Å²) in [5, 5.41) is 0. The van der Waals surface area contributed by atoms with Gasteiger partial charge in [-0.15, -0.1) is 0 Å². The van der Waals surface area contributed by atoms with Crippen LogP contribution < -0.4 is 4.90 Å². The Labute approximate surface area is 90.5 Å². The fourth-order valence-electron chi connectivity index (χ4n) is 2.51. The first kappa shape index (κ1) is 9.13. The lowest BCUT2D eigenvalue weighted by molar-refractivity contribution is 0.391. The smallest absolute Gasteiger partial charge is 0.225 e. The van der Waals surface area contributed by atoms with Gasteiger partial charge in [-0.05, 0) is 43.6 Å². The second-order valence-corrected chi connectivity index (χ2v) is 5.09. The number of anilines is 1. The van der Waals surface area contributed by atoms with Gasteiger partial charge in [-0.1, -0.05) is 0 Å². The summed E-state index contributed by atoms with van der Waals surface area (Å²) in [4.78, 5) is 11.2. The number of aromatic nitrogens is 2. The van der Waals surface area contributed by atoms with Crippen LogP contribution in [0, 0.1) is 12.3 Å². The van der Waals surface area contributed by atoms with Crippen LogP contribution in [-0.4, -0.2) is 23.1 Å². The van der Waals surface area contributed by atoms with E-state index in [1.54, 1.807) is 0 Å². The second kappa shape index (κ2) is 3.19. The summed E-state index contributed by atoms with van der Waals surface area (Å²) in [6, 6.07) is 0. The number of rotatable bonds is 1. The van der Waals surface area contributed by atoms with E-state index in [0.29, 0.717) is 5.41 Å². The van der Waals surface area contributed by atoms with Crippen LogP contribution in [0.25, 0.3) is 0 Å². The molecule has 1 aromatic heterocycles. The van der Waals surface area contributed by atoms with Crippen molar-refractivity contribution in [3.63, 3.8) is 0 Å². The Hall–Kier alpha value is -1.12. The highest BCUT2D eigenvalue weighted by Gasteiger charge is 2.45. The van der Waals surface area contributed by atoms with Gasteiger partial charge in [0.25, 0.3) is 0 Å². The van der Waals surface area contributed by atoms with Crippen LogP contribution in [0.5, 0.6) is 0 Å².